The number of aromatic nitrogens is 1. The fourth-order valence-electron chi connectivity index (χ4n) is 3.12. The summed E-state index contributed by atoms with van der Waals surface area (Å²) in [5, 5.41) is 4.68. The molecule has 2 rings (SSSR count). The highest BCUT2D eigenvalue weighted by Crippen LogP contribution is 2.25. The zero-order chi connectivity index (χ0) is 15.1. The normalized spacial score (nSPS) is 11.6. The van der Waals surface area contributed by atoms with Gasteiger partial charge in [-0.25, -0.2) is 0 Å². The molecule has 0 atom stereocenters. The number of unbranched alkanes of at least 4 members (excludes halogenated alkanes) is 1. The van der Waals surface area contributed by atoms with E-state index in [0.717, 1.165) is 19.0 Å². The quantitative estimate of drug-likeness (QED) is 0.666. The van der Waals surface area contributed by atoms with Crippen LogP contribution in [0.3, 0.4) is 0 Å². The van der Waals surface area contributed by atoms with Gasteiger partial charge in [0, 0.05) is 23.6 Å². The Bertz CT molecular complexity index is 537. The summed E-state index contributed by atoms with van der Waals surface area (Å²) >= 11 is 0. The van der Waals surface area contributed by atoms with E-state index in [1.807, 2.05) is 7.05 Å². The van der Waals surface area contributed by atoms with E-state index < -0.39 is 0 Å². The van der Waals surface area contributed by atoms with Crippen molar-refractivity contribution in [2.45, 2.75) is 52.5 Å². The summed E-state index contributed by atoms with van der Waals surface area (Å²) in [5.41, 5.74) is 2.93. The van der Waals surface area contributed by atoms with Crippen LogP contribution in [0.5, 0.6) is 0 Å². The van der Waals surface area contributed by atoms with Crippen LogP contribution in [-0.2, 0) is 13.0 Å². The number of fused-ring (bicyclic) bond motifs is 1. The lowest BCUT2D eigenvalue weighted by Gasteiger charge is -2.14. The molecule has 0 radical (unpaired) electrons. The predicted molar refractivity (Wildman–Crippen MR) is 92.9 cm³/mol. The van der Waals surface area contributed by atoms with Gasteiger partial charge in [-0.3, -0.25) is 0 Å². The van der Waals surface area contributed by atoms with Gasteiger partial charge in [0.2, 0.25) is 0 Å². The molecule has 1 heterocycles. The molecule has 1 aromatic carbocycles. The Balaban J connectivity index is 2.17. The van der Waals surface area contributed by atoms with Crippen molar-refractivity contribution >= 4 is 10.9 Å². The van der Waals surface area contributed by atoms with Crippen molar-refractivity contribution in [2.75, 3.05) is 13.6 Å². The Morgan fingerprint density at radius 2 is 1.86 bits per heavy atom. The van der Waals surface area contributed by atoms with E-state index in [0.29, 0.717) is 0 Å². The standard InChI is InChI=1S/C19H30N2/c1-4-16(5-2)14-21-15-17(10-8-9-13-20-3)18-11-6-7-12-19(18)21/h6-7,11-12,15-16,20H,4-5,8-10,13-14H2,1-3H3. The van der Waals surface area contributed by atoms with Gasteiger partial charge in [0.25, 0.3) is 0 Å². The first-order chi connectivity index (χ1) is 10.3. The van der Waals surface area contributed by atoms with Crippen LogP contribution in [0.25, 0.3) is 10.9 Å². The molecule has 0 aliphatic rings. The van der Waals surface area contributed by atoms with Crippen molar-refractivity contribution < 1.29 is 0 Å². The molecular formula is C19H30N2. The summed E-state index contributed by atoms with van der Waals surface area (Å²) in [4.78, 5) is 0. The van der Waals surface area contributed by atoms with E-state index in [1.54, 1.807) is 0 Å². The Kier molecular flexibility index (Phi) is 6.31. The van der Waals surface area contributed by atoms with Crippen LogP contribution in [0, 0.1) is 5.92 Å². The molecule has 2 nitrogen and oxygen atoms in total. The molecule has 21 heavy (non-hydrogen) atoms. The highest BCUT2D eigenvalue weighted by molar-refractivity contribution is 5.84. The lowest BCUT2D eigenvalue weighted by Crippen LogP contribution is -2.08. The van der Waals surface area contributed by atoms with Crippen LogP contribution in [-0.4, -0.2) is 18.2 Å². The average Bonchev–Trinajstić information content (AvgIpc) is 2.87. The Morgan fingerprint density at radius 1 is 1.10 bits per heavy atom. The molecule has 2 aromatic rings. The number of benzene rings is 1. The molecule has 0 aliphatic carbocycles. The highest BCUT2D eigenvalue weighted by Gasteiger charge is 2.11. The summed E-state index contributed by atoms with van der Waals surface area (Å²) in [7, 11) is 2.03. The Morgan fingerprint density at radius 3 is 2.57 bits per heavy atom. The van der Waals surface area contributed by atoms with Gasteiger partial charge in [-0.2, -0.15) is 0 Å². The lowest BCUT2D eigenvalue weighted by atomic mass is 10.0. The van der Waals surface area contributed by atoms with Gasteiger partial charge in [-0.1, -0.05) is 44.9 Å². The van der Waals surface area contributed by atoms with E-state index in [2.05, 4.69) is 54.2 Å². The van der Waals surface area contributed by atoms with Gasteiger partial charge in [-0.15, -0.1) is 0 Å². The van der Waals surface area contributed by atoms with Crippen molar-refractivity contribution in [2.24, 2.45) is 5.92 Å². The second kappa shape index (κ2) is 8.23. The minimum absolute atomic E-state index is 0.790. The van der Waals surface area contributed by atoms with Crippen molar-refractivity contribution in [1.82, 2.24) is 9.88 Å². The summed E-state index contributed by atoms with van der Waals surface area (Å²) in [6, 6.07) is 8.89. The minimum Gasteiger partial charge on any atom is -0.347 e. The Hall–Kier alpha value is -1.28. The molecule has 0 aliphatic heterocycles. The van der Waals surface area contributed by atoms with E-state index in [4.69, 9.17) is 0 Å². The van der Waals surface area contributed by atoms with Gasteiger partial charge in [0.15, 0.2) is 0 Å². The van der Waals surface area contributed by atoms with Crippen LogP contribution >= 0.6 is 0 Å². The van der Waals surface area contributed by atoms with Crippen molar-refractivity contribution in [3.8, 4) is 0 Å². The molecule has 0 saturated carbocycles. The van der Waals surface area contributed by atoms with Crippen molar-refractivity contribution in [3.63, 3.8) is 0 Å². The largest absolute Gasteiger partial charge is 0.347 e. The van der Waals surface area contributed by atoms with Gasteiger partial charge in [0.05, 0.1) is 0 Å². The third-order valence-corrected chi connectivity index (χ3v) is 4.60. The number of hydrogen-bond acceptors (Lipinski definition) is 1. The topological polar surface area (TPSA) is 17.0 Å². The molecule has 0 fully saturated rings. The number of para-hydroxylation sites is 1. The molecule has 0 unspecified atom stereocenters. The van der Waals surface area contributed by atoms with Crippen LogP contribution < -0.4 is 5.32 Å². The maximum absolute atomic E-state index is 3.23. The number of aryl methyl sites for hydroxylation is 1. The third kappa shape index (κ3) is 4.10. The summed E-state index contributed by atoms with van der Waals surface area (Å²) in [5.74, 6) is 0.790. The smallest absolute Gasteiger partial charge is 0.0483 e. The predicted octanol–water partition coefficient (Wildman–Crippen LogP) is 4.62. The summed E-state index contributed by atoms with van der Waals surface area (Å²) in [6.45, 7) is 6.88. The van der Waals surface area contributed by atoms with Crippen molar-refractivity contribution in [3.05, 3.63) is 36.0 Å². The number of hydrogen-bond donors (Lipinski definition) is 1. The van der Waals surface area contributed by atoms with Gasteiger partial charge in [-0.05, 0) is 50.4 Å². The van der Waals surface area contributed by atoms with Crippen LogP contribution in [0.1, 0.15) is 45.1 Å². The van der Waals surface area contributed by atoms with E-state index >= 15 is 0 Å². The molecule has 0 amide bonds. The SMILES string of the molecule is CCC(CC)Cn1cc(CCCCNC)c2ccccc21. The number of rotatable bonds is 9. The molecule has 0 saturated heterocycles. The Labute approximate surface area is 129 Å². The lowest BCUT2D eigenvalue weighted by molar-refractivity contribution is 0.425. The summed E-state index contributed by atoms with van der Waals surface area (Å²) < 4.78 is 2.49. The molecule has 116 valence electrons. The second-order valence-corrected chi connectivity index (χ2v) is 6.07. The first-order valence-corrected chi connectivity index (χ1v) is 8.51. The average molecular weight is 286 g/mol. The fraction of sp³-hybridized carbons (Fsp3) is 0.579. The molecular weight excluding hydrogens is 256 g/mol. The second-order valence-electron chi connectivity index (χ2n) is 6.07. The molecule has 1 aromatic heterocycles. The molecule has 1 N–H and O–H groups in total. The summed E-state index contributed by atoms with van der Waals surface area (Å²) in [6.07, 6.45) is 8.64. The molecule has 0 spiro atoms. The van der Waals surface area contributed by atoms with E-state index in [1.165, 1.54) is 48.6 Å². The monoisotopic (exact) mass is 286 g/mol. The number of nitrogens with one attached hydrogen (secondary N) is 1. The van der Waals surface area contributed by atoms with Crippen LogP contribution in [0.4, 0.5) is 0 Å². The van der Waals surface area contributed by atoms with Crippen LogP contribution in [0.15, 0.2) is 30.5 Å². The maximum Gasteiger partial charge on any atom is 0.0483 e. The minimum atomic E-state index is 0.790. The zero-order valence-electron chi connectivity index (χ0n) is 13.9. The molecule has 2 heteroatoms. The third-order valence-electron chi connectivity index (χ3n) is 4.60. The van der Waals surface area contributed by atoms with Gasteiger partial charge >= 0.3 is 0 Å². The molecule has 0 bridgehead atoms. The maximum atomic E-state index is 3.23. The first-order valence-electron chi connectivity index (χ1n) is 8.51. The number of nitrogens with zero attached hydrogens (tertiary/aromatic N) is 1. The fourth-order valence-corrected chi connectivity index (χ4v) is 3.12. The van der Waals surface area contributed by atoms with Crippen LogP contribution in [0.2, 0.25) is 0 Å². The van der Waals surface area contributed by atoms with Gasteiger partial charge < -0.3 is 9.88 Å². The van der Waals surface area contributed by atoms with E-state index in [-0.39, 0.29) is 0 Å². The zero-order valence-corrected chi connectivity index (χ0v) is 13.9. The highest BCUT2D eigenvalue weighted by atomic mass is 15.0. The van der Waals surface area contributed by atoms with Crippen molar-refractivity contribution in [1.29, 1.82) is 0 Å². The van der Waals surface area contributed by atoms with E-state index in [9.17, 15) is 0 Å². The van der Waals surface area contributed by atoms with Gasteiger partial charge in [0.1, 0.15) is 0 Å². The first kappa shape index (κ1) is 16.1.